The minimum absolute atomic E-state index is 0.0428. The summed E-state index contributed by atoms with van der Waals surface area (Å²) in [6, 6.07) is 8.16. The molecule has 2 atom stereocenters. The van der Waals surface area contributed by atoms with Gasteiger partial charge < -0.3 is 29.2 Å². The number of carbonyl (C=O) groups is 1. The molecule has 2 fully saturated rings. The van der Waals surface area contributed by atoms with Gasteiger partial charge in [0.2, 0.25) is 11.7 Å². The summed E-state index contributed by atoms with van der Waals surface area (Å²) >= 11 is 0. The van der Waals surface area contributed by atoms with Gasteiger partial charge in [0.05, 0.1) is 29.4 Å². The zero-order valence-electron chi connectivity index (χ0n) is 23.2. The van der Waals surface area contributed by atoms with Crippen LogP contribution in [0, 0.1) is 0 Å². The van der Waals surface area contributed by atoms with Crippen LogP contribution in [0.1, 0.15) is 54.4 Å². The lowest BCUT2D eigenvalue weighted by molar-refractivity contribution is -0.139. The average molecular weight is 588 g/mol. The van der Waals surface area contributed by atoms with E-state index < -0.39 is 24.9 Å². The monoisotopic (exact) mass is 587 g/mol. The second-order valence-corrected chi connectivity index (χ2v) is 11.3. The minimum Gasteiger partial charge on any atom is -0.378 e. The van der Waals surface area contributed by atoms with Crippen LogP contribution < -0.4 is 10.6 Å². The first kappa shape index (κ1) is 28.3. The Hall–Kier alpha value is -3.87. The van der Waals surface area contributed by atoms with Gasteiger partial charge in [-0.25, -0.2) is 4.39 Å². The molecule has 2 N–H and O–H groups in total. The maximum absolute atomic E-state index is 14.7. The number of likely N-dealkylation sites (N-methyl/N-ethyl adjacent to an activating group) is 1. The van der Waals surface area contributed by atoms with Crippen LogP contribution in [0.3, 0.4) is 0 Å². The number of anilines is 1. The summed E-state index contributed by atoms with van der Waals surface area (Å²) in [5, 5.41) is 10.4. The molecule has 4 aromatic rings. The maximum Gasteiger partial charge on any atom is 0.406 e. The molecular weight excluding hydrogens is 554 g/mol. The summed E-state index contributed by atoms with van der Waals surface area (Å²) in [5.41, 5.74) is 1.44. The van der Waals surface area contributed by atoms with Crippen molar-refractivity contribution >= 4 is 22.5 Å². The summed E-state index contributed by atoms with van der Waals surface area (Å²) in [6.07, 6.45) is 3.05. The minimum atomic E-state index is -4.52. The molecule has 1 aliphatic carbocycles. The van der Waals surface area contributed by atoms with Crippen LogP contribution in [-0.2, 0) is 13.1 Å². The van der Waals surface area contributed by atoms with Crippen molar-refractivity contribution in [3.05, 3.63) is 54.2 Å². The molecule has 9 nitrogen and oxygen atoms in total. The molecule has 0 bridgehead atoms. The standard InChI is InChI=1S/C29H33F4N7O2/c1-38-11-10-21(30)23(16-38)35-22-7-4-8-24-20(22)13-25(40(24)17-29(31,32)33)27-36-26(42-37-27)14-34-28(41)18-9-12-39(15-18)19-5-2-3-6-19/h4,7-9,12-13,15,19,21,23,35H,2-3,5-6,10-11,14,16-17H2,1H3,(H,34,41). The lowest BCUT2D eigenvalue weighted by Crippen LogP contribution is -2.47. The Kier molecular flexibility index (Phi) is 7.69. The second-order valence-electron chi connectivity index (χ2n) is 11.3. The van der Waals surface area contributed by atoms with Crippen LogP contribution in [-0.4, -0.2) is 68.6 Å². The quantitative estimate of drug-likeness (QED) is 0.263. The Bertz CT molecular complexity index is 1550. The van der Waals surface area contributed by atoms with E-state index in [0.29, 0.717) is 47.7 Å². The average Bonchev–Trinajstić information content (AvgIpc) is 3.75. The number of rotatable bonds is 8. The molecule has 2 unspecified atom stereocenters. The third-order valence-corrected chi connectivity index (χ3v) is 8.18. The van der Waals surface area contributed by atoms with Gasteiger partial charge in [0, 0.05) is 42.6 Å². The number of nitrogens with zero attached hydrogens (tertiary/aromatic N) is 5. The van der Waals surface area contributed by atoms with Crippen molar-refractivity contribution in [2.75, 3.05) is 25.5 Å². The van der Waals surface area contributed by atoms with Crippen molar-refractivity contribution in [1.29, 1.82) is 0 Å². The van der Waals surface area contributed by atoms with Crippen molar-refractivity contribution in [3.8, 4) is 11.5 Å². The fourth-order valence-corrected chi connectivity index (χ4v) is 6.03. The molecule has 1 amide bonds. The second kappa shape index (κ2) is 11.4. The third-order valence-electron chi connectivity index (χ3n) is 8.18. The SMILES string of the molecule is CN1CCC(F)C(Nc2cccc3c2cc(-c2noc(CNC(=O)c4ccn(C5CCCC5)c4)n2)n3CC(F)(F)F)C1. The number of hydrogen-bond donors (Lipinski definition) is 2. The maximum atomic E-state index is 14.7. The Morgan fingerprint density at radius 3 is 2.76 bits per heavy atom. The highest BCUT2D eigenvalue weighted by molar-refractivity contribution is 5.96. The summed E-state index contributed by atoms with van der Waals surface area (Å²) in [4.78, 5) is 19.0. The summed E-state index contributed by atoms with van der Waals surface area (Å²) in [7, 11) is 1.90. The smallest absolute Gasteiger partial charge is 0.378 e. The van der Waals surface area contributed by atoms with Gasteiger partial charge in [0.15, 0.2) is 0 Å². The van der Waals surface area contributed by atoms with Gasteiger partial charge in [-0.1, -0.05) is 24.1 Å². The number of carbonyl (C=O) groups excluding carboxylic acids is 1. The van der Waals surface area contributed by atoms with E-state index >= 15 is 0 Å². The zero-order valence-corrected chi connectivity index (χ0v) is 23.2. The van der Waals surface area contributed by atoms with Gasteiger partial charge in [-0.05, 0) is 50.6 Å². The van der Waals surface area contributed by atoms with Crippen LogP contribution in [0.5, 0.6) is 0 Å². The Morgan fingerprint density at radius 1 is 1.17 bits per heavy atom. The highest BCUT2D eigenvalue weighted by atomic mass is 19.4. The zero-order chi connectivity index (χ0) is 29.4. The fraction of sp³-hybridized carbons (Fsp3) is 0.483. The van der Waals surface area contributed by atoms with Gasteiger partial charge in [0.25, 0.3) is 5.91 Å². The van der Waals surface area contributed by atoms with E-state index in [-0.39, 0.29) is 29.9 Å². The van der Waals surface area contributed by atoms with Gasteiger partial charge in [-0.15, -0.1) is 0 Å². The number of fused-ring (bicyclic) bond motifs is 1. The van der Waals surface area contributed by atoms with E-state index in [2.05, 4.69) is 25.3 Å². The lowest BCUT2D eigenvalue weighted by Gasteiger charge is -2.33. The van der Waals surface area contributed by atoms with Crippen LogP contribution >= 0.6 is 0 Å². The lowest BCUT2D eigenvalue weighted by atomic mass is 10.0. The predicted molar refractivity (Wildman–Crippen MR) is 149 cm³/mol. The van der Waals surface area contributed by atoms with Crippen molar-refractivity contribution in [2.45, 2.75) is 69.6 Å². The molecule has 0 radical (unpaired) electrons. The first-order valence-corrected chi connectivity index (χ1v) is 14.2. The van der Waals surface area contributed by atoms with Gasteiger partial charge in [0.1, 0.15) is 12.7 Å². The molecule has 6 rings (SSSR count). The van der Waals surface area contributed by atoms with Crippen molar-refractivity contribution in [3.63, 3.8) is 0 Å². The van der Waals surface area contributed by atoms with Crippen LogP contribution in [0.25, 0.3) is 22.4 Å². The summed E-state index contributed by atoms with van der Waals surface area (Å²) in [5.74, 6) is -0.298. The number of likely N-dealkylation sites (tertiary alicyclic amines) is 1. The van der Waals surface area contributed by atoms with E-state index in [0.717, 1.165) is 17.4 Å². The van der Waals surface area contributed by atoms with E-state index in [1.807, 2.05) is 24.3 Å². The normalized spacial score (nSPS) is 20.4. The van der Waals surface area contributed by atoms with Gasteiger partial charge in [-0.2, -0.15) is 18.2 Å². The van der Waals surface area contributed by atoms with E-state index in [4.69, 9.17) is 4.52 Å². The number of alkyl halides is 4. The van der Waals surface area contributed by atoms with Crippen molar-refractivity contribution in [2.24, 2.45) is 0 Å². The first-order chi connectivity index (χ1) is 20.1. The number of benzene rings is 1. The molecular formula is C29H33F4N7O2. The van der Waals surface area contributed by atoms with Gasteiger partial charge >= 0.3 is 6.18 Å². The molecule has 4 heterocycles. The Morgan fingerprint density at radius 2 is 1.98 bits per heavy atom. The van der Waals surface area contributed by atoms with Crippen molar-refractivity contribution in [1.82, 2.24) is 29.5 Å². The number of nitrogens with one attached hydrogen (secondary N) is 2. The van der Waals surface area contributed by atoms with Crippen molar-refractivity contribution < 1.29 is 26.9 Å². The molecule has 2 aliphatic rings. The summed E-state index contributed by atoms with van der Waals surface area (Å²) in [6.45, 7) is -0.242. The number of amides is 1. The molecule has 13 heteroatoms. The third kappa shape index (κ3) is 6.01. The Balaban J connectivity index is 1.23. The number of aromatic nitrogens is 4. The molecule has 1 saturated heterocycles. The largest absolute Gasteiger partial charge is 0.406 e. The van der Waals surface area contributed by atoms with E-state index in [9.17, 15) is 22.4 Å². The molecule has 1 saturated carbocycles. The highest BCUT2D eigenvalue weighted by Gasteiger charge is 2.32. The summed E-state index contributed by atoms with van der Waals surface area (Å²) < 4.78 is 64.2. The molecule has 224 valence electrons. The first-order valence-electron chi connectivity index (χ1n) is 14.2. The highest BCUT2D eigenvalue weighted by Crippen LogP contribution is 2.35. The fourth-order valence-electron chi connectivity index (χ4n) is 6.03. The molecule has 1 aliphatic heterocycles. The van der Waals surface area contributed by atoms with Crippen LogP contribution in [0.15, 0.2) is 47.2 Å². The van der Waals surface area contributed by atoms with Crippen LogP contribution in [0.2, 0.25) is 0 Å². The van der Waals surface area contributed by atoms with E-state index in [1.165, 1.54) is 12.8 Å². The number of piperidine rings is 1. The Labute approximate surface area is 239 Å². The topological polar surface area (TPSA) is 93.2 Å². The van der Waals surface area contributed by atoms with Crippen LogP contribution in [0.4, 0.5) is 23.2 Å². The molecule has 1 aromatic carbocycles. The molecule has 42 heavy (non-hydrogen) atoms. The molecule has 3 aromatic heterocycles. The molecule has 0 spiro atoms. The number of hydrogen-bond acceptors (Lipinski definition) is 6. The predicted octanol–water partition coefficient (Wildman–Crippen LogP) is 5.55. The van der Waals surface area contributed by atoms with Gasteiger partial charge in [-0.3, -0.25) is 4.79 Å². The van der Waals surface area contributed by atoms with E-state index in [1.54, 1.807) is 30.3 Å². The number of halogens is 4.